The molecule has 0 amide bonds. The summed E-state index contributed by atoms with van der Waals surface area (Å²) in [4.78, 5) is 4.60. The molecule has 0 aliphatic carbocycles. The van der Waals surface area contributed by atoms with E-state index in [1.807, 2.05) is 13.8 Å². The van der Waals surface area contributed by atoms with Gasteiger partial charge in [-0.2, -0.15) is 10.2 Å². The maximum absolute atomic E-state index is 4.60. The summed E-state index contributed by atoms with van der Waals surface area (Å²) in [6, 6.07) is 2.43. The van der Waals surface area contributed by atoms with Crippen molar-refractivity contribution in [3.63, 3.8) is 0 Å². The Morgan fingerprint density at radius 2 is 2.00 bits per heavy atom. The zero-order valence-electron chi connectivity index (χ0n) is 13.3. The van der Waals surface area contributed by atoms with Gasteiger partial charge in [-0.1, -0.05) is 13.8 Å². The van der Waals surface area contributed by atoms with Crippen molar-refractivity contribution in [2.45, 2.75) is 53.0 Å². The molecule has 21 heavy (non-hydrogen) atoms. The summed E-state index contributed by atoms with van der Waals surface area (Å²) in [5, 5.41) is 15.5. The van der Waals surface area contributed by atoms with Crippen LogP contribution in [0.5, 0.6) is 0 Å². The van der Waals surface area contributed by atoms with E-state index in [1.165, 1.54) is 10.6 Å². The first-order valence-corrected chi connectivity index (χ1v) is 8.49. The first kappa shape index (κ1) is 16.0. The van der Waals surface area contributed by atoms with Crippen molar-refractivity contribution in [1.82, 2.24) is 20.5 Å². The van der Waals surface area contributed by atoms with Gasteiger partial charge in [-0.15, -0.1) is 11.3 Å². The van der Waals surface area contributed by atoms with Crippen LogP contribution in [-0.4, -0.2) is 21.7 Å². The Balaban J connectivity index is 2.28. The highest BCUT2D eigenvalue weighted by Crippen LogP contribution is 2.23. The minimum Gasteiger partial charge on any atom is -0.310 e. The average molecular weight is 304 g/mol. The predicted molar refractivity (Wildman–Crippen MR) is 87.7 cm³/mol. The Hall–Kier alpha value is -1.33. The number of hydrogen-bond donors (Lipinski definition) is 1. The molecular weight excluding hydrogens is 280 g/mol. The van der Waals surface area contributed by atoms with Crippen molar-refractivity contribution in [1.29, 1.82) is 0 Å². The number of aryl methyl sites for hydroxylation is 3. The lowest BCUT2D eigenvalue weighted by atomic mass is 10.0. The van der Waals surface area contributed by atoms with E-state index >= 15 is 0 Å². The zero-order chi connectivity index (χ0) is 15.2. The second-order valence-corrected chi connectivity index (χ2v) is 6.28. The van der Waals surface area contributed by atoms with Crippen molar-refractivity contribution >= 4 is 11.3 Å². The highest BCUT2D eigenvalue weighted by Gasteiger charge is 2.18. The van der Waals surface area contributed by atoms with Crippen LogP contribution in [0.25, 0.3) is 0 Å². The SMILES string of the molecule is CCCNC(Cc1nc(C)cs1)c1cc(C)nnc1CC. The molecule has 0 aromatic carbocycles. The van der Waals surface area contributed by atoms with Gasteiger partial charge >= 0.3 is 0 Å². The molecule has 0 aliphatic heterocycles. The van der Waals surface area contributed by atoms with Gasteiger partial charge in [0, 0.05) is 23.5 Å². The fourth-order valence-electron chi connectivity index (χ4n) is 2.39. The molecule has 2 aromatic rings. The van der Waals surface area contributed by atoms with Gasteiger partial charge < -0.3 is 5.32 Å². The molecule has 2 rings (SSSR count). The fourth-order valence-corrected chi connectivity index (χ4v) is 3.21. The summed E-state index contributed by atoms with van der Waals surface area (Å²) >= 11 is 1.74. The Morgan fingerprint density at radius 3 is 2.62 bits per heavy atom. The maximum Gasteiger partial charge on any atom is 0.0947 e. The molecule has 0 saturated carbocycles. The average Bonchev–Trinajstić information content (AvgIpc) is 2.88. The summed E-state index contributed by atoms with van der Waals surface area (Å²) in [7, 11) is 0. The quantitative estimate of drug-likeness (QED) is 0.852. The molecule has 0 saturated heterocycles. The van der Waals surface area contributed by atoms with Crippen LogP contribution in [-0.2, 0) is 12.8 Å². The van der Waals surface area contributed by atoms with Crippen LogP contribution in [0.2, 0.25) is 0 Å². The minimum atomic E-state index is 0.264. The first-order chi connectivity index (χ1) is 10.1. The smallest absolute Gasteiger partial charge is 0.0947 e. The highest BCUT2D eigenvalue weighted by atomic mass is 32.1. The Kier molecular flexibility index (Phi) is 5.82. The van der Waals surface area contributed by atoms with Crippen molar-refractivity contribution < 1.29 is 0 Å². The van der Waals surface area contributed by atoms with Crippen LogP contribution in [0.4, 0.5) is 0 Å². The van der Waals surface area contributed by atoms with Crippen LogP contribution in [0.1, 0.15) is 54.0 Å². The minimum absolute atomic E-state index is 0.264. The third-order valence-corrected chi connectivity index (χ3v) is 4.41. The predicted octanol–water partition coefficient (Wildman–Crippen LogP) is 3.40. The summed E-state index contributed by atoms with van der Waals surface area (Å²) in [5.41, 5.74) is 4.43. The molecule has 0 aliphatic rings. The highest BCUT2D eigenvalue weighted by molar-refractivity contribution is 7.09. The number of nitrogens with one attached hydrogen (secondary N) is 1. The fraction of sp³-hybridized carbons (Fsp3) is 0.562. The molecule has 0 radical (unpaired) electrons. The molecule has 1 atom stereocenters. The first-order valence-electron chi connectivity index (χ1n) is 7.61. The van der Waals surface area contributed by atoms with E-state index in [0.717, 1.165) is 42.9 Å². The molecule has 4 nitrogen and oxygen atoms in total. The number of nitrogens with zero attached hydrogens (tertiary/aromatic N) is 3. The molecule has 2 aromatic heterocycles. The van der Waals surface area contributed by atoms with Gasteiger partial charge in [0.15, 0.2) is 0 Å². The van der Waals surface area contributed by atoms with E-state index in [-0.39, 0.29) is 6.04 Å². The molecule has 5 heteroatoms. The number of hydrogen-bond acceptors (Lipinski definition) is 5. The molecule has 114 valence electrons. The van der Waals surface area contributed by atoms with Gasteiger partial charge in [-0.05, 0) is 44.9 Å². The van der Waals surface area contributed by atoms with Crippen LogP contribution in [0, 0.1) is 13.8 Å². The summed E-state index contributed by atoms with van der Waals surface area (Å²) in [6.07, 6.45) is 2.94. The number of rotatable bonds is 7. The standard InChI is InChI=1S/C16H24N4S/c1-5-7-17-15(9-16-18-12(4)10-21-16)13-8-11(3)19-20-14(13)6-2/h8,10,15,17H,5-7,9H2,1-4H3. The van der Waals surface area contributed by atoms with Crippen LogP contribution >= 0.6 is 11.3 Å². The van der Waals surface area contributed by atoms with Gasteiger partial charge in [-0.3, -0.25) is 0 Å². The lowest BCUT2D eigenvalue weighted by molar-refractivity contribution is 0.520. The normalized spacial score (nSPS) is 12.6. The van der Waals surface area contributed by atoms with Gasteiger partial charge in [-0.25, -0.2) is 4.98 Å². The van der Waals surface area contributed by atoms with Gasteiger partial charge in [0.25, 0.3) is 0 Å². The molecular formula is C16H24N4S. The maximum atomic E-state index is 4.60. The molecule has 2 heterocycles. The third-order valence-electron chi connectivity index (χ3n) is 3.42. The van der Waals surface area contributed by atoms with Crippen molar-refractivity contribution in [2.75, 3.05) is 6.54 Å². The molecule has 1 N–H and O–H groups in total. The largest absolute Gasteiger partial charge is 0.310 e. The summed E-state index contributed by atoms with van der Waals surface area (Å²) in [6.45, 7) is 9.37. The number of aromatic nitrogens is 3. The summed E-state index contributed by atoms with van der Waals surface area (Å²) < 4.78 is 0. The van der Waals surface area contributed by atoms with Gasteiger partial charge in [0.1, 0.15) is 0 Å². The van der Waals surface area contributed by atoms with Crippen LogP contribution in [0.15, 0.2) is 11.4 Å². The second kappa shape index (κ2) is 7.61. The molecule has 0 spiro atoms. The topological polar surface area (TPSA) is 50.7 Å². The van der Waals surface area contributed by atoms with Gasteiger partial charge in [0.05, 0.1) is 16.4 Å². The van der Waals surface area contributed by atoms with Crippen LogP contribution < -0.4 is 5.32 Å². The summed E-state index contributed by atoms with van der Waals surface area (Å²) in [5.74, 6) is 0. The van der Waals surface area contributed by atoms with E-state index in [0.29, 0.717) is 0 Å². The Labute approximate surface area is 131 Å². The molecule has 0 fully saturated rings. The lowest BCUT2D eigenvalue weighted by Crippen LogP contribution is -2.26. The van der Waals surface area contributed by atoms with Crippen molar-refractivity contribution in [3.8, 4) is 0 Å². The van der Waals surface area contributed by atoms with E-state index in [2.05, 4.69) is 45.8 Å². The zero-order valence-corrected chi connectivity index (χ0v) is 14.1. The number of thiazole rings is 1. The van der Waals surface area contributed by atoms with Gasteiger partial charge in [0.2, 0.25) is 0 Å². The van der Waals surface area contributed by atoms with Crippen molar-refractivity contribution in [3.05, 3.63) is 39.1 Å². The Morgan fingerprint density at radius 1 is 1.19 bits per heavy atom. The second-order valence-electron chi connectivity index (χ2n) is 5.33. The van der Waals surface area contributed by atoms with Crippen LogP contribution in [0.3, 0.4) is 0 Å². The van der Waals surface area contributed by atoms with E-state index in [1.54, 1.807) is 11.3 Å². The Bertz CT molecular complexity index is 579. The van der Waals surface area contributed by atoms with E-state index < -0.39 is 0 Å². The molecule has 1 unspecified atom stereocenters. The van der Waals surface area contributed by atoms with E-state index in [9.17, 15) is 0 Å². The lowest BCUT2D eigenvalue weighted by Gasteiger charge is -2.20. The monoisotopic (exact) mass is 304 g/mol. The van der Waals surface area contributed by atoms with Crippen molar-refractivity contribution in [2.24, 2.45) is 0 Å². The third kappa shape index (κ3) is 4.32. The van der Waals surface area contributed by atoms with E-state index in [4.69, 9.17) is 0 Å². The molecule has 0 bridgehead atoms.